The molecule has 2 fully saturated rings. The first-order valence-corrected chi connectivity index (χ1v) is 12.7. The van der Waals surface area contributed by atoms with E-state index >= 15 is 0 Å². The summed E-state index contributed by atoms with van der Waals surface area (Å²) in [5.41, 5.74) is 1.51. The summed E-state index contributed by atoms with van der Waals surface area (Å²) in [6.07, 6.45) is 1.75. The molecule has 0 bridgehead atoms. The van der Waals surface area contributed by atoms with E-state index in [2.05, 4.69) is 18.0 Å². The molecule has 0 spiro atoms. The molecule has 8 heteroatoms. The van der Waals surface area contributed by atoms with E-state index in [0.29, 0.717) is 22.2 Å². The van der Waals surface area contributed by atoms with Crippen LogP contribution in [-0.2, 0) is 21.4 Å². The van der Waals surface area contributed by atoms with Gasteiger partial charge in [0.25, 0.3) is 0 Å². The normalized spacial score (nSPS) is 26.6. The number of carbonyl (C=O) groups excluding carboxylic acids is 2. The van der Waals surface area contributed by atoms with E-state index in [1.54, 1.807) is 23.1 Å². The number of halogens is 2. The molecule has 188 valence electrons. The highest BCUT2D eigenvalue weighted by atomic mass is 35.5. The number of likely N-dealkylation sites (tertiary alicyclic amines) is 1. The molecule has 1 saturated heterocycles. The van der Waals surface area contributed by atoms with E-state index < -0.39 is 6.10 Å². The predicted molar refractivity (Wildman–Crippen MR) is 137 cm³/mol. The molecule has 1 amide bonds. The van der Waals surface area contributed by atoms with Crippen molar-refractivity contribution in [3.63, 3.8) is 0 Å². The fourth-order valence-corrected chi connectivity index (χ4v) is 6.15. The van der Waals surface area contributed by atoms with Crippen molar-refractivity contribution in [2.24, 2.45) is 5.92 Å². The average Bonchev–Trinajstić information content (AvgIpc) is 2.81. The molecule has 6 nitrogen and oxygen atoms in total. The highest BCUT2D eigenvalue weighted by molar-refractivity contribution is 6.42. The number of esters is 1. The molecule has 1 saturated carbocycles. The molecule has 4 unspecified atom stereocenters. The molecule has 4 rings (SSSR count). The zero-order valence-corrected chi connectivity index (χ0v) is 21.9. The van der Waals surface area contributed by atoms with Crippen molar-refractivity contribution in [2.75, 3.05) is 27.2 Å². The minimum Gasteiger partial charge on any atom is -0.427 e. The molecule has 2 aromatic carbocycles. The maximum atomic E-state index is 13.2. The summed E-state index contributed by atoms with van der Waals surface area (Å²) < 4.78 is 5.37. The Morgan fingerprint density at radius 3 is 2.69 bits per heavy atom. The Morgan fingerprint density at radius 2 is 1.97 bits per heavy atom. The van der Waals surface area contributed by atoms with Gasteiger partial charge in [0, 0.05) is 37.9 Å². The van der Waals surface area contributed by atoms with Gasteiger partial charge in [0.05, 0.1) is 22.6 Å². The smallest absolute Gasteiger partial charge is 0.308 e. The second-order valence-electron chi connectivity index (χ2n) is 9.99. The number of piperidine rings is 1. The molecule has 35 heavy (non-hydrogen) atoms. The molecule has 2 aromatic rings. The lowest BCUT2D eigenvalue weighted by molar-refractivity contribution is -0.136. The Kier molecular flexibility index (Phi) is 7.77. The molecular formula is C27H32Cl2N2O4. The van der Waals surface area contributed by atoms with Crippen LogP contribution in [0.15, 0.2) is 42.5 Å². The Bertz CT molecular complexity index is 1110. The standard InChI is InChI=1S/C27H32Cl2N2O4/c1-17(32)35-21-6-4-5-19(13-21)27-9-10-30(2)16-22(27)25(33)14-20(15-27)31(3)26(34)12-18-7-8-23(28)24(29)11-18/h4-8,11,13,20,22,25,33H,9-10,12,14-16H2,1-3H3. The number of benzene rings is 2. The Balaban J connectivity index is 1.62. The molecule has 1 aliphatic carbocycles. The number of aliphatic hydroxyl groups is 1. The number of likely N-dealkylation sites (N-methyl/N-ethyl adjacent to an activating group) is 1. The van der Waals surface area contributed by atoms with Crippen LogP contribution in [0.3, 0.4) is 0 Å². The van der Waals surface area contributed by atoms with Gasteiger partial charge in [-0.25, -0.2) is 0 Å². The van der Waals surface area contributed by atoms with Gasteiger partial charge in [0.15, 0.2) is 0 Å². The number of hydrogen-bond acceptors (Lipinski definition) is 5. The molecule has 4 atom stereocenters. The third-order valence-corrected chi connectivity index (χ3v) is 8.43. The second-order valence-corrected chi connectivity index (χ2v) is 10.8. The quantitative estimate of drug-likeness (QED) is 0.471. The number of fused-ring (bicyclic) bond motifs is 1. The van der Waals surface area contributed by atoms with Crippen LogP contribution in [0.2, 0.25) is 10.0 Å². The van der Waals surface area contributed by atoms with Gasteiger partial charge in [-0.15, -0.1) is 0 Å². The van der Waals surface area contributed by atoms with E-state index in [9.17, 15) is 14.7 Å². The van der Waals surface area contributed by atoms with Gasteiger partial charge in [-0.1, -0.05) is 41.4 Å². The average molecular weight is 519 g/mol. The van der Waals surface area contributed by atoms with Gasteiger partial charge in [0.1, 0.15) is 5.75 Å². The minimum atomic E-state index is -0.561. The second kappa shape index (κ2) is 10.5. The van der Waals surface area contributed by atoms with E-state index in [4.69, 9.17) is 27.9 Å². The zero-order valence-electron chi connectivity index (χ0n) is 20.3. The number of aliphatic hydroxyl groups excluding tert-OH is 1. The SMILES string of the molecule is CC(=O)Oc1cccc(C23CCN(C)CC2C(O)CC(N(C)C(=O)Cc2ccc(Cl)c(Cl)c2)C3)c1. The van der Waals surface area contributed by atoms with Crippen LogP contribution in [0, 0.1) is 5.92 Å². The molecule has 0 aromatic heterocycles. The first-order chi connectivity index (χ1) is 16.6. The molecular weight excluding hydrogens is 487 g/mol. The molecule has 2 aliphatic rings. The number of hydrogen-bond donors (Lipinski definition) is 1. The van der Waals surface area contributed by atoms with Crippen molar-refractivity contribution in [3.8, 4) is 5.75 Å². The summed E-state index contributed by atoms with van der Waals surface area (Å²) in [4.78, 5) is 28.8. The van der Waals surface area contributed by atoms with Gasteiger partial charge >= 0.3 is 5.97 Å². The van der Waals surface area contributed by atoms with Crippen LogP contribution < -0.4 is 4.74 Å². The fourth-order valence-electron chi connectivity index (χ4n) is 5.83. The summed E-state index contributed by atoms with van der Waals surface area (Å²) in [7, 11) is 3.89. The number of rotatable bonds is 5. The summed E-state index contributed by atoms with van der Waals surface area (Å²) in [6.45, 7) is 3.04. The minimum absolute atomic E-state index is 0.0173. The number of amides is 1. The third kappa shape index (κ3) is 5.51. The third-order valence-electron chi connectivity index (χ3n) is 7.69. The number of carbonyl (C=O) groups is 2. The monoisotopic (exact) mass is 518 g/mol. The van der Waals surface area contributed by atoms with Crippen molar-refractivity contribution in [1.82, 2.24) is 9.80 Å². The summed E-state index contributed by atoms with van der Waals surface area (Å²) in [6, 6.07) is 12.7. The highest BCUT2D eigenvalue weighted by Crippen LogP contribution is 2.50. The first-order valence-electron chi connectivity index (χ1n) is 11.9. The molecule has 1 aliphatic heterocycles. The van der Waals surface area contributed by atoms with E-state index in [1.165, 1.54) is 6.92 Å². The van der Waals surface area contributed by atoms with Gasteiger partial charge in [-0.2, -0.15) is 0 Å². The lowest BCUT2D eigenvalue weighted by Gasteiger charge is -2.55. The lowest BCUT2D eigenvalue weighted by Crippen LogP contribution is -2.60. The number of nitrogens with zero attached hydrogens (tertiary/aromatic N) is 2. The van der Waals surface area contributed by atoms with Gasteiger partial charge in [0.2, 0.25) is 5.91 Å². The largest absolute Gasteiger partial charge is 0.427 e. The Hall–Kier alpha value is -2.12. The van der Waals surface area contributed by atoms with E-state index in [-0.39, 0.29) is 35.7 Å². The van der Waals surface area contributed by atoms with Crippen LogP contribution >= 0.6 is 23.2 Å². The maximum Gasteiger partial charge on any atom is 0.308 e. The Morgan fingerprint density at radius 1 is 1.20 bits per heavy atom. The highest BCUT2D eigenvalue weighted by Gasteiger charge is 2.52. The maximum absolute atomic E-state index is 13.2. The molecule has 1 heterocycles. The van der Waals surface area contributed by atoms with Gasteiger partial charge in [-0.3, -0.25) is 9.59 Å². The Labute approximate surface area is 216 Å². The first kappa shape index (κ1) is 26.0. The van der Waals surface area contributed by atoms with E-state index in [1.807, 2.05) is 25.2 Å². The summed E-state index contributed by atoms with van der Waals surface area (Å²) in [5.74, 6) is 0.121. The predicted octanol–water partition coefficient (Wildman–Crippen LogP) is 4.33. The number of ether oxygens (including phenoxy) is 1. The van der Waals surface area contributed by atoms with Crippen molar-refractivity contribution in [2.45, 2.75) is 50.2 Å². The van der Waals surface area contributed by atoms with Crippen molar-refractivity contribution < 1.29 is 19.4 Å². The van der Waals surface area contributed by atoms with Crippen molar-refractivity contribution >= 4 is 35.1 Å². The van der Waals surface area contributed by atoms with E-state index in [0.717, 1.165) is 37.1 Å². The summed E-state index contributed by atoms with van der Waals surface area (Å²) in [5, 5.41) is 12.2. The van der Waals surface area contributed by atoms with Crippen LogP contribution in [0.1, 0.15) is 37.3 Å². The van der Waals surface area contributed by atoms with Crippen LogP contribution in [-0.4, -0.2) is 66.1 Å². The van der Waals surface area contributed by atoms with Crippen LogP contribution in [0.25, 0.3) is 0 Å². The van der Waals surface area contributed by atoms with Crippen LogP contribution in [0.4, 0.5) is 0 Å². The van der Waals surface area contributed by atoms with Crippen LogP contribution in [0.5, 0.6) is 5.75 Å². The molecule has 0 radical (unpaired) electrons. The van der Waals surface area contributed by atoms with Gasteiger partial charge < -0.3 is 19.6 Å². The van der Waals surface area contributed by atoms with Crippen molar-refractivity contribution in [3.05, 3.63) is 63.6 Å². The zero-order chi connectivity index (χ0) is 25.3. The molecule has 1 N–H and O–H groups in total. The van der Waals surface area contributed by atoms with Gasteiger partial charge in [-0.05, 0) is 68.2 Å². The topological polar surface area (TPSA) is 70.1 Å². The lowest BCUT2D eigenvalue weighted by atomic mass is 9.57. The fraction of sp³-hybridized carbons (Fsp3) is 0.481. The summed E-state index contributed by atoms with van der Waals surface area (Å²) >= 11 is 12.2. The van der Waals surface area contributed by atoms with Crippen molar-refractivity contribution in [1.29, 1.82) is 0 Å².